The summed E-state index contributed by atoms with van der Waals surface area (Å²) in [6.45, 7) is 2.28. The average Bonchev–Trinajstić information content (AvgIpc) is 3.12. The van der Waals surface area contributed by atoms with E-state index in [1.165, 1.54) is 11.1 Å². The van der Waals surface area contributed by atoms with Crippen LogP contribution in [0.1, 0.15) is 42.4 Å². The molecule has 2 amide bonds. The molecule has 1 aliphatic heterocycles. The zero-order valence-electron chi connectivity index (χ0n) is 15.6. The first-order valence-corrected chi connectivity index (χ1v) is 9.22. The van der Waals surface area contributed by atoms with E-state index in [-0.39, 0.29) is 18.2 Å². The van der Waals surface area contributed by atoms with Crippen LogP contribution in [-0.4, -0.2) is 41.9 Å². The Morgan fingerprint density at radius 3 is 3.04 bits per heavy atom. The molecule has 0 saturated carbocycles. The molecule has 1 aromatic carbocycles. The van der Waals surface area contributed by atoms with E-state index in [4.69, 9.17) is 4.74 Å². The van der Waals surface area contributed by atoms with Crippen molar-refractivity contribution in [2.24, 2.45) is 10.9 Å². The van der Waals surface area contributed by atoms with E-state index >= 15 is 0 Å². The minimum absolute atomic E-state index is 0.139. The molecular weight excluding hydrogens is 344 g/mol. The fourth-order valence-electron chi connectivity index (χ4n) is 2.97. The van der Waals surface area contributed by atoms with E-state index < -0.39 is 11.8 Å². The molecule has 1 aromatic heterocycles. The highest BCUT2D eigenvalue weighted by molar-refractivity contribution is 6.07. The predicted molar refractivity (Wildman–Crippen MR) is 103 cm³/mol. The van der Waals surface area contributed by atoms with Crippen molar-refractivity contribution >= 4 is 23.7 Å². The molecule has 1 N–H and O–H groups in total. The number of aromatic nitrogens is 2. The Bertz CT molecular complexity index is 843. The summed E-state index contributed by atoms with van der Waals surface area (Å²) in [5.74, 6) is -0.627. The standard InChI is InChI=1S/C20H24N4O3/c1-3-4-5-8-15-11-16(23-22-15)19(25)21-12-14-13-27-18-10-7-6-9-17(18)24(2)20(14)26/h6-7,9-12,14H,3-5,8,13H2,1-2H3,(H,22,23)/b21-12-. The van der Waals surface area contributed by atoms with Crippen LogP contribution in [0.25, 0.3) is 0 Å². The van der Waals surface area contributed by atoms with Gasteiger partial charge in [-0.1, -0.05) is 31.9 Å². The Labute approximate surface area is 158 Å². The lowest BCUT2D eigenvalue weighted by atomic mass is 10.1. The number of hydrogen-bond donors (Lipinski definition) is 1. The van der Waals surface area contributed by atoms with Crippen LogP contribution in [0.3, 0.4) is 0 Å². The number of carbonyl (C=O) groups excluding carboxylic acids is 2. The first-order valence-electron chi connectivity index (χ1n) is 9.22. The Morgan fingerprint density at radius 1 is 1.41 bits per heavy atom. The minimum Gasteiger partial charge on any atom is -0.490 e. The zero-order chi connectivity index (χ0) is 19.2. The van der Waals surface area contributed by atoms with Gasteiger partial charge in [-0.2, -0.15) is 5.10 Å². The maximum Gasteiger partial charge on any atom is 0.297 e. The molecule has 142 valence electrons. The highest BCUT2D eigenvalue weighted by Crippen LogP contribution is 2.30. The number of nitrogens with zero attached hydrogens (tertiary/aromatic N) is 3. The molecule has 3 rings (SSSR count). The lowest BCUT2D eigenvalue weighted by molar-refractivity contribution is -0.120. The summed E-state index contributed by atoms with van der Waals surface area (Å²) < 4.78 is 5.71. The molecule has 1 aliphatic rings. The Hall–Kier alpha value is -2.96. The average molecular weight is 368 g/mol. The summed E-state index contributed by atoms with van der Waals surface area (Å²) in [5.41, 5.74) is 1.89. The number of H-pyrrole nitrogens is 1. The van der Waals surface area contributed by atoms with E-state index in [0.29, 0.717) is 11.4 Å². The van der Waals surface area contributed by atoms with Crippen molar-refractivity contribution in [1.29, 1.82) is 0 Å². The predicted octanol–water partition coefficient (Wildman–Crippen LogP) is 3.03. The van der Waals surface area contributed by atoms with Crippen LogP contribution in [0.15, 0.2) is 35.3 Å². The second-order valence-electron chi connectivity index (χ2n) is 6.60. The molecule has 0 bridgehead atoms. The van der Waals surface area contributed by atoms with Gasteiger partial charge in [-0.15, -0.1) is 0 Å². The third-order valence-corrected chi connectivity index (χ3v) is 4.56. The second-order valence-corrected chi connectivity index (χ2v) is 6.60. The molecule has 0 fully saturated rings. The third-order valence-electron chi connectivity index (χ3n) is 4.56. The minimum atomic E-state index is -0.630. The molecule has 7 nitrogen and oxygen atoms in total. The SMILES string of the molecule is CCCCCc1cc(C(=O)/N=C\C2COc3ccccc3N(C)C2=O)n[nH]1. The van der Waals surface area contributed by atoms with Gasteiger partial charge in [0.2, 0.25) is 5.91 Å². The number of hydrogen-bond acceptors (Lipinski definition) is 4. The van der Waals surface area contributed by atoms with E-state index in [1.54, 1.807) is 13.1 Å². The number of para-hydroxylation sites is 2. The monoisotopic (exact) mass is 368 g/mol. The van der Waals surface area contributed by atoms with Gasteiger partial charge in [0.05, 0.1) is 5.69 Å². The lowest BCUT2D eigenvalue weighted by Gasteiger charge is -2.17. The van der Waals surface area contributed by atoms with Crippen molar-refractivity contribution in [1.82, 2.24) is 10.2 Å². The summed E-state index contributed by atoms with van der Waals surface area (Å²) in [7, 11) is 1.69. The highest BCUT2D eigenvalue weighted by atomic mass is 16.5. The van der Waals surface area contributed by atoms with Crippen molar-refractivity contribution in [3.05, 3.63) is 41.7 Å². The highest BCUT2D eigenvalue weighted by Gasteiger charge is 2.28. The fraction of sp³-hybridized carbons (Fsp3) is 0.400. The molecule has 0 aliphatic carbocycles. The molecule has 2 heterocycles. The molecule has 0 saturated heterocycles. The fourth-order valence-corrected chi connectivity index (χ4v) is 2.97. The van der Waals surface area contributed by atoms with Gasteiger partial charge in [0.15, 0.2) is 5.69 Å². The van der Waals surface area contributed by atoms with Crippen LogP contribution >= 0.6 is 0 Å². The van der Waals surface area contributed by atoms with E-state index in [0.717, 1.165) is 31.4 Å². The topological polar surface area (TPSA) is 87.7 Å². The molecule has 2 aromatic rings. The number of anilines is 1. The van der Waals surface area contributed by atoms with E-state index in [2.05, 4.69) is 22.1 Å². The van der Waals surface area contributed by atoms with E-state index in [9.17, 15) is 9.59 Å². The molecular formula is C20H24N4O3. The number of aliphatic imine (C=N–C) groups is 1. The summed E-state index contributed by atoms with van der Waals surface area (Å²) in [5, 5.41) is 6.91. The number of aryl methyl sites for hydroxylation is 1. The normalized spacial score (nSPS) is 16.9. The maximum atomic E-state index is 12.6. The smallest absolute Gasteiger partial charge is 0.297 e. The zero-order valence-corrected chi connectivity index (χ0v) is 15.6. The van der Waals surface area contributed by atoms with Crippen LogP contribution in [0.4, 0.5) is 5.69 Å². The van der Waals surface area contributed by atoms with Gasteiger partial charge < -0.3 is 9.64 Å². The number of aromatic amines is 1. The van der Waals surface area contributed by atoms with Crippen LogP contribution < -0.4 is 9.64 Å². The van der Waals surface area contributed by atoms with Gasteiger partial charge in [-0.3, -0.25) is 14.7 Å². The molecule has 1 unspecified atom stereocenters. The van der Waals surface area contributed by atoms with Gasteiger partial charge in [0, 0.05) is 19.0 Å². The molecule has 7 heteroatoms. The molecule has 1 atom stereocenters. The number of rotatable bonds is 6. The van der Waals surface area contributed by atoms with Crippen molar-refractivity contribution in [3.8, 4) is 5.75 Å². The molecule has 0 radical (unpaired) electrons. The van der Waals surface area contributed by atoms with E-state index in [1.807, 2.05) is 24.3 Å². The summed E-state index contributed by atoms with van der Waals surface area (Å²) in [4.78, 5) is 30.4. The number of ether oxygens (including phenoxy) is 1. The first-order chi connectivity index (χ1) is 13.1. The Kier molecular flexibility index (Phi) is 6.01. The van der Waals surface area contributed by atoms with Crippen LogP contribution in [0.2, 0.25) is 0 Å². The third kappa shape index (κ3) is 4.42. The summed E-state index contributed by atoms with van der Waals surface area (Å²) in [6.07, 6.45) is 5.55. The van der Waals surface area contributed by atoms with Gasteiger partial charge in [0.25, 0.3) is 5.91 Å². The summed E-state index contributed by atoms with van der Waals surface area (Å²) >= 11 is 0. The van der Waals surface area contributed by atoms with Crippen LogP contribution in [0.5, 0.6) is 5.75 Å². The quantitative estimate of drug-likeness (QED) is 0.627. The van der Waals surface area contributed by atoms with Crippen LogP contribution in [-0.2, 0) is 11.2 Å². The first kappa shape index (κ1) is 18.8. The van der Waals surface area contributed by atoms with Crippen molar-refractivity contribution in [2.75, 3.05) is 18.6 Å². The Morgan fingerprint density at radius 2 is 2.22 bits per heavy atom. The number of carbonyl (C=O) groups is 2. The molecule has 27 heavy (non-hydrogen) atoms. The van der Waals surface area contributed by atoms with Crippen molar-refractivity contribution in [2.45, 2.75) is 32.6 Å². The number of nitrogens with one attached hydrogen (secondary N) is 1. The van der Waals surface area contributed by atoms with Gasteiger partial charge in [-0.05, 0) is 31.0 Å². The number of fused-ring (bicyclic) bond motifs is 1. The van der Waals surface area contributed by atoms with Gasteiger partial charge in [0.1, 0.15) is 18.3 Å². The molecule has 0 spiro atoms. The second kappa shape index (κ2) is 8.62. The van der Waals surface area contributed by atoms with Crippen molar-refractivity contribution < 1.29 is 14.3 Å². The lowest BCUT2D eigenvalue weighted by Crippen LogP contribution is -2.34. The largest absolute Gasteiger partial charge is 0.490 e. The van der Waals surface area contributed by atoms with Crippen LogP contribution in [0, 0.1) is 5.92 Å². The number of unbranched alkanes of at least 4 members (excludes halogenated alkanes) is 2. The number of benzene rings is 1. The van der Waals surface area contributed by atoms with Gasteiger partial charge in [-0.25, -0.2) is 4.99 Å². The Balaban J connectivity index is 1.65. The van der Waals surface area contributed by atoms with Gasteiger partial charge >= 0.3 is 0 Å². The number of amides is 2. The summed E-state index contributed by atoms with van der Waals surface area (Å²) in [6, 6.07) is 9.06. The maximum absolute atomic E-state index is 12.6. The van der Waals surface area contributed by atoms with Crippen molar-refractivity contribution in [3.63, 3.8) is 0 Å².